The molecule has 0 atom stereocenters. The van der Waals surface area contributed by atoms with Gasteiger partial charge in [0, 0.05) is 57.9 Å². The number of nitrogens with zero attached hydrogens (tertiary/aromatic N) is 7. The molecule has 1 aliphatic rings. The molecule has 9 nitrogen and oxygen atoms in total. The molecule has 3 aromatic rings. The van der Waals surface area contributed by atoms with Crippen molar-refractivity contribution < 1.29 is 4.52 Å². The number of rotatable bonds is 6. The molecule has 0 bridgehead atoms. The minimum atomic E-state index is 0.486. The molecule has 1 saturated heterocycles. The van der Waals surface area contributed by atoms with Crippen LogP contribution in [0.3, 0.4) is 0 Å². The van der Waals surface area contributed by atoms with Crippen LogP contribution in [0.5, 0.6) is 0 Å². The first-order valence-electron chi connectivity index (χ1n) is 9.03. The van der Waals surface area contributed by atoms with Crippen LogP contribution in [0.2, 0.25) is 0 Å². The molecule has 9 heteroatoms. The highest BCUT2D eigenvalue weighted by Crippen LogP contribution is 2.23. The fourth-order valence-electron chi connectivity index (χ4n) is 3.08. The molecular weight excluding hydrogens is 344 g/mol. The van der Waals surface area contributed by atoms with Crippen LogP contribution in [0.4, 0.5) is 11.8 Å². The molecule has 4 rings (SSSR count). The average molecular weight is 366 g/mol. The van der Waals surface area contributed by atoms with E-state index in [0.29, 0.717) is 11.7 Å². The summed E-state index contributed by atoms with van der Waals surface area (Å²) in [6.07, 6.45) is 5.33. The van der Waals surface area contributed by atoms with E-state index in [4.69, 9.17) is 4.52 Å². The first-order chi connectivity index (χ1) is 13.3. The molecule has 1 aliphatic heterocycles. The zero-order chi connectivity index (χ0) is 18.5. The van der Waals surface area contributed by atoms with Gasteiger partial charge in [-0.05, 0) is 25.1 Å². The Morgan fingerprint density at radius 2 is 1.81 bits per heavy atom. The van der Waals surface area contributed by atoms with Crippen LogP contribution < -0.4 is 10.2 Å². The summed E-state index contributed by atoms with van der Waals surface area (Å²) in [5.41, 5.74) is 0.823. The van der Waals surface area contributed by atoms with Gasteiger partial charge < -0.3 is 14.7 Å². The minimum absolute atomic E-state index is 0.486. The first kappa shape index (κ1) is 17.3. The van der Waals surface area contributed by atoms with Crippen LogP contribution in [0.1, 0.15) is 5.82 Å². The summed E-state index contributed by atoms with van der Waals surface area (Å²) in [4.78, 5) is 22.0. The molecule has 3 aromatic heterocycles. The maximum Gasteiger partial charge on any atom is 0.261 e. The quantitative estimate of drug-likeness (QED) is 0.695. The van der Waals surface area contributed by atoms with Crippen molar-refractivity contribution in [3.8, 4) is 11.5 Å². The molecule has 0 spiro atoms. The Bertz CT molecular complexity index is 861. The van der Waals surface area contributed by atoms with Crippen molar-refractivity contribution in [2.24, 2.45) is 0 Å². The summed E-state index contributed by atoms with van der Waals surface area (Å²) in [5, 5.41) is 7.25. The highest BCUT2D eigenvalue weighted by molar-refractivity contribution is 5.68. The molecule has 1 fully saturated rings. The van der Waals surface area contributed by atoms with Crippen LogP contribution in [0.15, 0.2) is 41.3 Å². The molecular formula is C18H22N8O. The molecule has 0 unspecified atom stereocenters. The smallest absolute Gasteiger partial charge is 0.261 e. The molecule has 0 amide bonds. The van der Waals surface area contributed by atoms with Crippen molar-refractivity contribution in [1.29, 1.82) is 0 Å². The predicted molar refractivity (Wildman–Crippen MR) is 101 cm³/mol. The minimum Gasteiger partial charge on any atom is -0.368 e. The first-order valence-corrected chi connectivity index (χ1v) is 9.03. The van der Waals surface area contributed by atoms with Crippen molar-refractivity contribution in [2.45, 2.75) is 6.92 Å². The maximum absolute atomic E-state index is 5.27. The number of aromatic nitrogens is 5. The lowest BCUT2D eigenvalue weighted by Crippen LogP contribution is -2.48. The van der Waals surface area contributed by atoms with Gasteiger partial charge in [-0.15, -0.1) is 0 Å². The number of anilines is 2. The van der Waals surface area contributed by atoms with Crippen LogP contribution in [0, 0.1) is 6.92 Å². The van der Waals surface area contributed by atoms with E-state index < -0.39 is 0 Å². The van der Waals surface area contributed by atoms with Gasteiger partial charge in [-0.2, -0.15) is 4.98 Å². The van der Waals surface area contributed by atoms with Gasteiger partial charge in [-0.3, -0.25) is 4.90 Å². The Morgan fingerprint density at radius 1 is 1.04 bits per heavy atom. The topological polar surface area (TPSA) is 96.1 Å². The molecule has 27 heavy (non-hydrogen) atoms. The van der Waals surface area contributed by atoms with E-state index in [-0.39, 0.29) is 0 Å². The van der Waals surface area contributed by atoms with Crippen molar-refractivity contribution >= 4 is 11.8 Å². The van der Waals surface area contributed by atoms with E-state index >= 15 is 0 Å². The standard InChI is InChI=1S/C18H22N8O/c1-14-23-17(27-24-14)15-4-2-5-19-16(15)20-8-9-25-10-12-26(13-11-25)18-21-6-3-7-22-18/h2-7H,8-13H2,1H3,(H,19,20). The lowest BCUT2D eigenvalue weighted by atomic mass is 10.2. The number of nitrogens with one attached hydrogen (secondary N) is 1. The number of piperazine rings is 1. The van der Waals surface area contributed by atoms with Gasteiger partial charge in [-0.25, -0.2) is 15.0 Å². The van der Waals surface area contributed by atoms with Gasteiger partial charge in [0.2, 0.25) is 5.95 Å². The van der Waals surface area contributed by atoms with Crippen molar-refractivity contribution in [3.63, 3.8) is 0 Å². The van der Waals surface area contributed by atoms with E-state index in [9.17, 15) is 0 Å². The molecule has 0 radical (unpaired) electrons. The monoisotopic (exact) mass is 366 g/mol. The SMILES string of the molecule is Cc1noc(-c2cccnc2NCCN2CCN(c3ncccn3)CC2)n1. The highest BCUT2D eigenvalue weighted by atomic mass is 16.5. The van der Waals surface area contributed by atoms with Crippen molar-refractivity contribution in [3.05, 3.63) is 42.6 Å². The Morgan fingerprint density at radius 3 is 2.56 bits per heavy atom. The van der Waals surface area contributed by atoms with Crippen LogP contribution in [-0.2, 0) is 0 Å². The summed E-state index contributed by atoms with van der Waals surface area (Å²) in [6, 6.07) is 5.64. The molecule has 1 N–H and O–H groups in total. The fraction of sp³-hybridized carbons (Fsp3) is 0.389. The van der Waals surface area contributed by atoms with Gasteiger partial charge in [0.1, 0.15) is 5.82 Å². The Hall–Kier alpha value is -3.07. The highest BCUT2D eigenvalue weighted by Gasteiger charge is 2.18. The lowest BCUT2D eigenvalue weighted by Gasteiger charge is -2.34. The third kappa shape index (κ3) is 4.20. The zero-order valence-corrected chi connectivity index (χ0v) is 15.2. The molecule has 0 aliphatic carbocycles. The third-order valence-electron chi connectivity index (χ3n) is 4.49. The van der Waals surface area contributed by atoms with E-state index in [1.165, 1.54) is 0 Å². The third-order valence-corrected chi connectivity index (χ3v) is 4.49. The van der Waals surface area contributed by atoms with Crippen LogP contribution >= 0.6 is 0 Å². The summed E-state index contributed by atoms with van der Waals surface area (Å²) < 4.78 is 5.27. The summed E-state index contributed by atoms with van der Waals surface area (Å²) in [6.45, 7) is 7.36. The number of aryl methyl sites for hydroxylation is 1. The van der Waals surface area contributed by atoms with Gasteiger partial charge in [-0.1, -0.05) is 5.16 Å². The number of hydrogen-bond acceptors (Lipinski definition) is 9. The molecule has 140 valence electrons. The van der Waals surface area contributed by atoms with E-state index in [2.05, 4.69) is 40.2 Å². The van der Waals surface area contributed by atoms with E-state index in [1.54, 1.807) is 25.5 Å². The van der Waals surface area contributed by atoms with E-state index in [1.807, 2.05) is 18.2 Å². The summed E-state index contributed by atoms with van der Waals surface area (Å²) >= 11 is 0. The second kappa shape index (κ2) is 8.09. The van der Waals surface area contributed by atoms with Crippen LogP contribution in [-0.4, -0.2) is 69.3 Å². The number of hydrogen-bond donors (Lipinski definition) is 1. The van der Waals surface area contributed by atoms with Crippen LogP contribution in [0.25, 0.3) is 11.5 Å². The van der Waals surface area contributed by atoms with Gasteiger partial charge >= 0.3 is 0 Å². The maximum atomic E-state index is 5.27. The van der Waals surface area contributed by atoms with Gasteiger partial charge in [0.25, 0.3) is 5.89 Å². The molecule has 0 saturated carbocycles. The Kier molecular flexibility index (Phi) is 5.20. The van der Waals surface area contributed by atoms with Gasteiger partial charge in [0.15, 0.2) is 5.82 Å². The van der Waals surface area contributed by atoms with Gasteiger partial charge in [0.05, 0.1) is 5.56 Å². The second-order valence-corrected chi connectivity index (χ2v) is 6.35. The molecule has 4 heterocycles. The average Bonchev–Trinajstić information content (AvgIpc) is 3.16. The summed E-state index contributed by atoms with van der Waals surface area (Å²) in [7, 11) is 0. The van der Waals surface area contributed by atoms with Crippen molar-refractivity contribution in [1.82, 2.24) is 30.0 Å². The van der Waals surface area contributed by atoms with Crippen molar-refractivity contribution in [2.75, 3.05) is 49.5 Å². The lowest BCUT2D eigenvalue weighted by molar-refractivity contribution is 0.266. The fourth-order valence-corrected chi connectivity index (χ4v) is 3.08. The normalized spacial score (nSPS) is 15.1. The summed E-state index contributed by atoms with van der Waals surface area (Å²) in [5.74, 6) is 2.67. The predicted octanol–water partition coefficient (Wildman–Crippen LogP) is 1.46. The second-order valence-electron chi connectivity index (χ2n) is 6.35. The molecule has 0 aromatic carbocycles. The number of pyridine rings is 1. The largest absolute Gasteiger partial charge is 0.368 e. The Balaban J connectivity index is 1.29. The Labute approximate surface area is 157 Å². The zero-order valence-electron chi connectivity index (χ0n) is 15.2. The van der Waals surface area contributed by atoms with E-state index in [0.717, 1.165) is 56.6 Å².